The normalized spacial score (nSPS) is 10.6. The van der Waals surface area contributed by atoms with E-state index in [1.165, 1.54) is 13.2 Å². The van der Waals surface area contributed by atoms with Crippen molar-refractivity contribution in [3.05, 3.63) is 27.9 Å². The number of carboxylic acids is 1. The molecule has 0 aliphatic rings. The van der Waals surface area contributed by atoms with Crippen LogP contribution < -0.4 is 4.74 Å². The number of carbonyl (C=O) groups is 1. The highest BCUT2D eigenvalue weighted by Gasteiger charge is 2.18. The SMILES string of the molecule is COc1c(Cl)cc(Cl)c2c(O)cc(C(=O)O)nc12. The van der Waals surface area contributed by atoms with Crippen LogP contribution in [0.3, 0.4) is 0 Å². The number of hydrogen-bond acceptors (Lipinski definition) is 4. The zero-order valence-electron chi connectivity index (χ0n) is 9.07. The van der Waals surface area contributed by atoms with Crippen molar-refractivity contribution in [3.8, 4) is 11.5 Å². The standard InChI is InChI=1S/C11H7Cl2NO4/c1-18-10-5(13)2-4(12)8-7(15)3-6(11(16)17)14-9(8)10/h2-3H,1H3,(H,14,15)(H,16,17). The van der Waals surface area contributed by atoms with Crippen LogP contribution in [-0.4, -0.2) is 28.3 Å². The maximum Gasteiger partial charge on any atom is 0.354 e. The van der Waals surface area contributed by atoms with Gasteiger partial charge in [-0.3, -0.25) is 0 Å². The van der Waals surface area contributed by atoms with E-state index in [0.717, 1.165) is 6.07 Å². The third kappa shape index (κ3) is 1.91. The van der Waals surface area contributed by atoms with Crippen molar-refractivity contribution in [2.75, 3.05) is 7.11 Å². The van der Waals surface area contributed by atoms with Gasteiger partial charge >= 0.3 is 5.97 Å². The third-order valence-electron chi connectivity index (χ3n) is 2.35. The van der Waals surface area contributed by atoms with Gasteiger partial charge < -0.3 is 14.9 Å². The van der Waals surface area contributed by atoms with Crippen LogP contribution in [0.5, 0.6) is 11.5 Å². The summed E-state index contributed by atoms with van der Waals surface area (Å²) in [6, 6.07) is 2.41. The van der Waals surface area contributed by atoms with Gasteiger partial charge in [-0.05, 0) is 6.07 Å². The van der Waals surface area contributed by atoms with Gasteiger partial charge in [0.25, 0.3) is 0 Å². The Kier molecular flexibility index (Phi) is 3.19. The zero-order chi connectivity index (χ0) is 13.4. The molecule has 2 rings (SSSR count). The molecule has 0 aliphatic heterocycles. The molecule has 0 unspecified atom stereocenters. The summed E-state index contributed by atoms with van der Waals surface area (Å²) in [6.45, 7) is 0. The Hall–Kier alpha value is -1.72. The number of carboxylic acid groups (broad SMARTS) is 1. The fourth-order valence-electron chi connectivity index (χ4n) is 1.60. The van der Waals surface area contributed by atoms with Crippen LogP contribution >= 0.6 is 23.2 Å². The molecule has 2 aromatic rings. The molecule has 0 atom stereocenters. The number of fused-ring (bicyclic) bond motifs is 1. The molecule has 0 aliphatic carbocycles. The highest BCUT2D eigenvalue weighted by Crippen LogP contribution is 2.40. The largest absolute Gasteiger partial charge is 0.507 e. The second-order valence-corrected chi connectivity index (χ2v) is 4.24. The van der Waals surface area contributed by atoms with E-state index in [9.17, 15) is 9.90 Å². The Morgan fingerprint density at radius 3 is 2.56 bits per heavy atom. The lowest BCUT2D eigenvalue weighted by Gasteiger charge is -2.10. The fraction of sp³-hybridized carbons (Fsp3) is 0.0909. The minimum absolute atomic E-state index is 0.104. The number of benzene rings is 1. The molecule has 0 saturated carbocycles. The van der Waals surface area contributed by atoms with Crippen molar-refractivity contribution in [2.45, 2.75) is 0 Å². The number of rotatable bonds is 2. The summed E-state index contributed by atoms with van der Waals surface area (Å²) in [7, 11) is 1.36. The second-order valence-electron chi connectivity index (χ2n) is 3.43. The molecule has 5 nitrogen and oxygen atoms in total. The average Bonchev–Trinajstić information content (AvgIpc) is 2.27. The molecule has 7 heteroatoms. The van der Waals surface area contributed by atoms with Gasteiger partial charge in [-0.15, -0.1) is 0 Å². The van der Waals surface area contributed by atoms with Crippen LogP contribution in [0.2, 0.25) is 10.0 Å². The van der Waals surface area contributed by atoms with Crippen LogP contribution in [0.25, 0.3) is 10.9 Å². The summed E-state index contributed by atoms with van der Waals surface area (Å²) >= 11 is 11.9. The van der Waals surface area contributed by atoms with Crippen LogP contribution in [-0.2, 0) is 0 Å². The van der Waals surface area contributed by atoms with Crippen molar-refractivity contribution in [2.24, 2.45) is 0 Å². The maximum atomic E-state index is 10.9. The van der Waals surface area contributed by atoms with E-state index in [4.69, 9.17) is 33.0 Å². The van der Waals surface area contributed by atoms with Crippen molar-refractivity contribution in [3.63, 3.8) is 0 Å². The lowest BCUT2D eigenvalue weighted by molar-refractivity contribution is 0.0690. The molecule has 2 N–H and O–H groups in total. The highest BCUT2D eigenvalue weighted by molar-refractivity contribution is 6.40. The number of methoxy groups -OCH3 is 1. The van der Waals surface area contributed by atoms with Gasteiger partial charge in [0.15, 0.2) is 11.4 Å². The first-order valence-corrected chi connectivity index (χ1v) is 5.50. The van der Waals surface area contributed by atoms with E-state index >= 15 is 0 Å². The van der Waals surface area contributed by atoms with Gasteiger partial charge in [-0.1, -0.05) is 23.2 Å². The summed E-state index contributed by atoms with van der Waals surface area (Å²) in [4.78, 5) is 14.8. The van der Waals surface area contributed by atoms with E-state index in [2.05, 4.69) is 4.98 Å². The number of pyridine rings is 1. The third-order valence-corrected chi connectivity index (χ3v) is 2.92. The number of nitrogens with zero attached hydrogens (tertiary/aromatic N) is 1. The van der Waals surface area contributed by atoms with Gasteiger partial charge in [-0.2, -0.15) is 0 Å². The summed E-state index contributed by atoms with van der Waals surface area (Å²) in [5, 5.41) is 19.2. The number of aromatic nitrogens is 1. The monoisotopic (exact) mass is 287 g/mol. The summed E-state index contributed by atoms with van der Waals surface area (Å²) < 4.78 is 5.05. The molecule has 0 amide bonds. The van der Waals surface area contributed by atoms with Crippen molar-refractivity contribution in [1.82, 2.24) is 4.98 Å². The predicted octanol–water partition coefficient (Wildman–Crippen LogP) is 2.95. The van der Waals surface area contributed by atoms with Gasteiger partial charge in [0.1, 0.15) is 11.3 Å². The molecular weight excluding hydrogens is 281 g/mol. The second kappa shape index (κ2) is 4.51. The zero-order valence-corrected chi connectivity index (χ0v) is 10.6. The first kappa shape index (κ1) is 12.7. The Morgan fingerprint density at radius 1 is 1.33 bits per heavy atom. The van der Waals surface area contributed by atoms with Gasteiger partial charge in [0, 0.05) is 6.07 Å². The van der Waals surface area contributed by atoms with Crippen LogP contribution in [0.1, 0.15) is 10.5 Å². The summed E-state index contributed by atoms with van der Waals surface area (Å²) in [6.07, 6.45) is 0. The number of ether oxygens (including phenoxy) is 1. The van der Waals surface area contributed by atoms with Gasteiger partial charge in [-0.25, -0.2) is 9.78 Å². The van der Waals surface area contributed by atoms with Crippen molar-refractivity contribution >= 4 is 40.1 Å². The molecule has 18 heavy (non-hydrogen) atoms. The number of aromatic carboxylic acids is 1. The molecule has 0 radical (unpaired) electrons. The first-order chi connectivity index (χ1) is 8.45. The Balaban J connectivity index is 2.96. The highest BCUT2D eigenvalue weighted by atomic mass is 35.5. The van der Waals surface area contributed by atoms with E-state index in [-0.39, 0.29) is 38.1 Å². The van der Waals surface area contributed by atoms with E-state index in [1.807, 2.05) is 0 Å². The Labute approximate surface area is 112 Å². The number of hydrogen-bond donors (Lipinski definition) is 2. The number of halogens is 2. The molecule has 94 valence electrons. The maximum absolute atomic E-state index is 10.9. The van der Waals surface area contributed by atoms with Crippen LogP contribution in [0.4, 0.5) is 0 Å². The molecule has 0 fully saturated rings. The van der Waals surface area contributed by atoms with Crippen molar-refractivity contribution in [1.29, 1.82) is 0 Å². The molecular formula is C11H7Cl2NO4. The van der Waals surface area contributed by atoms with E-state index < -0.39 is 5.97 Å². The van der Waals surface area contributed by atoms with Crippen LogP contribution in [0.15, 0.2) is 12.1 Å². The van der Waals surface area contributed by atoms with E-state index in [0.29, 0.717) is 0 Å². The molecule has 1 heterocycles. The predicted molar refractivity (Wildman–Crippen MR) is 66.9 cm³/mol. The van der Waals surface area contributed by atoms with Gasteiger partial charge in [0.2, 0.25) is 0 Å². The quantitative estimate of drug-likeness (QED) is 0.888. The topological polar surface area (TPSA) is 79.7 Å². The molecule has 0 spiro atoms. The average molecular weight is 288 g/mol. The molecule has 1 aromatic heterocycles. The minimum Gasteiger partial charge on any atom is -0.507 e. The molecule has 0 saturated heterocycles. The van der Waals surface area contributed by atoms with Crippen molar-refractivity contribution < 1.29 is 19.7 Å². The summed E-state index contributed by atoms with van der Waals surface area (Å²) in [5.74, 6) is -1.41. The smallest absolute Gasteiger partial charge is 0.354 e. The number of aromatic hydroxyl groups is 1. The fourth-order valence-corrected chi connectivity index (χ4v) is 2.22. The summed E-state index contributed by atoms with van der Waals surface area (Å²) in [5.41, 5.74) is -0.218. The van der Waals surface area contributed by atoms with Gasteiger partial charge in [0.05, 0.1) is 22.5 Å². The lowest BCUT2D eigenvalue weighted by Crippen LogP contribution is -2.01. The molecule has 0 bridgehead atoms. The van der Waals surface area contributed by atoms with Crippen LogP contribution in [0, 0.1) is 0 Å². The minimum atomic E-state index is -1.27. The Bertz CT molecular complexity index is 657. The lowest BCUT2D eigenvalue weighted by atomic mass is 10.1. The van der Waals surface area contributed by atoms with E-state index in [1.54, 1.807) is 0 Å². The molecule has 1 aromatic carbocycles. The first-order valence-electron chi connectivity index (χ1n) is 4.74. The Morgan fingerprint density at radius 2 is 2.00 bits per heavy atom.